The Hall–Kier alpha value is -1.69. The van der Waals surface area contributed by atoms with E-state index in [0.29, 0.717) is 19.0 Å². The molecule has 0 atom stereocenters. The number of phenols is 1. The number of hydrogen-bond acceptors (Lipinski definition) is 4. The average Bonchev–Trinajstić information content (AvgIpc) is 2.18. The molecule has 0 aliphatic carbocycles. The van der Waals surface area contributed by atoms with Crippen LogP contribution in [0.15, 0.2) is 12.1 Å². The lowest BCUT2D eigenvalue weighted by molar-refractivity contribution is -0.386. The minimum atomic E-state index is -0.804. The van der Waals surface area contributed by atoms with E-state index in [0.717, 1.165) is 6.07 Å². The summed E-state index contributed by atoms with van der Waals surface area (Å²) in [6.45, 7) is 0.508. The molecule has 82 valence electrons. The van der Waals surface area contributed by atoms with E-state index in [1.54, 1.807) is 7.05 Å². The first-order valence-corrected chi connectivity index (χ1v) is 4.36. The summed E-state index contributed by atoms with van der Waals surface area (Å²) < 4.78 is 13.0. The largest absolute Gasteiger partial charge is 0.502 e. The van der Waals surface area contributed by atoms with Crippen LogP contribution < -0.4 is 5.32 Å². The zero-order chi connectivity index (χ0) is 11.4. The monoisotopic (exact) mass is 214 g/mol. The fourth-order valence-corrected chi connectivity index (χ4v) is 1.23. The molecule has 1 aromatic carbocycles. The van der Waals surface area contributed by atoms with Crippen molar-refractivity contribution in [2.45, 2.75) is 6.42 Å². The normalized spacial score (nSPS) is 10.3. The summed E-state index contributed by atoms with van der Waals surface area (Å²) in [6.07, 6.45) is 0.334. The van der Waals surface area contributed by atoms with Gasteiger partial charge in [0.1, 0.15) is 5.82 Å². The number of nitro benzene ring substituents is 1. The number of hydrogen-bond donors (Lipinski definition) is 2. The van der Waals surface area contributed by atoms with Gasteiger partial charge in [0.15, 0.2) is 5.75 Å². The van der Waals surface area contributed by atoms with Crippen LogP contribution in [0.2, 0.25) is 0 Å². The molecule has 0 radical (unpaired) electrons. The zero-order valence-electron chi connectivity index (χ0n) is 8.16. The van der Waals surface area contributed by atoms with Crippen molar-refractivity contribution >= 4 is 5.69 Å². The molecule has 0 amide bonds. The molecule has 0 aliphatic rings. The van der Waals surface area contributed by atoms with Crippen LogP contribution >= 0.6 is 0 Å². The maximum absolute atomic E-state index is 13.0. The topological polar surface area (TPSA) is 75.4 Å². The maximum atomic E-state index is 13.0. The molecule has 1 rings (SSSR count). The number of benzene rings is 1. The van der Waals surface area contributed by atoms with Crippen molar-refractivity contribution < 1.29 is 14.4 Å². The van der Waals surface area contributed by atoms with Crippen LogP contribution in [-0.4, -0.2) is 23.6 Å². The Morgan fingerprint density at radius 1 is 1.60 bits per heavy atom. The summed E-state index contributed by atoms with van der Waals surface area (Å²) in [5.74, 6) is -1.18. The van der Waals surface area contributed by atoms with Crippen LogP contribution in [0.4, 0.5) is 10.1 Å². The lowest BCUT2D eigenvalue weighted by Crippen LogP contribution is -2.10. The summed E-state index contributed by atoms with van der Waals surface area (Å²) in [4.78, 5) is 9.66. The van der Waals surface area contributed by atoms with Gasteiger partial charge in [-0.25, -0.2) is 4.39 Å². The lowest BCUT2D eigenvalue weighted by atomic mass is 10.1. The molecule has 0 saturated heterocycles. The predicted octanol–water partition coefficient (Wildman–Crippen LogP) is 1.20. The minimum absolute atomic E-state index is 0.232. The second kappa shape index (κ2) is 4.70. The van der Waals surface area contributed by atoms with Crippen molar-refractivity contribution in [2.75, 3.05) is 13.6 Å². The summed E-state index contributed by atoms with van der Waals surface area (Å²) in [5, 5.41) is 22.7. The van der Waals surface area contributed by atoms with Crippen molar-refractivity contribution in [3.8, 4) is 5.75 Å². The molecule has 0 aromatic heterocycles. The van der Waals surface area contributed by atoms with E-state index < -0.39 is 22.2 Å². The Bertz CT molecular complexity index is 382. The van der Waals surface area contributed by atoms with Gasteiger partial charge >= 0.3 is 5.69 Å². The molecule has 0 fully saturated rings. The summed E-state index contributed by atoms with van der Waals surface area (Å²) in [6, 6.07) is 1.80. The molecule has 15 heavy (non-hydrogen) atoms. The zero-order valence-corrected chi connectivity index (χ0v) is 8.16. The first-order valence-electron chi connectivity index (χ1n) is 4.36. The number of likely N-dealkylation sites (N-methyl/N-ethyl adjacent to an activating group) is 1. The summed E-state index contributed by atoms with van der Waals surface area (Å²) >= 11 is 0. The van der Waals surface area contributed by atoms with Gasteiger partial charge in [-0.05, 0) is 26.1 Å². The number of nitrogens with one attached hydrogen (secondary N) is 1. The summed E-state index contributed by atoms with van der Waals surface area (Å²) in [7, 11) is 1.70. The average molecular weight is 214 g/mol. The predicted molar refractivity (Wildman–Crippen MR) is 52.3 cm³/mol. The Kier molecular flexibility index (Phi) is 3.56. The molecule has 6 heteroatoms. The van der Waals surface area contributed by atoms with Gasteiger partial charge in [0.25, 0.3) is 0 Å². The smallest absolute Gasteiger partial charge is 0.313 e. The highest BCUT2D eigenvalue weighted by Crippen LogP contribution is 2.30. The molecule has 0 spiro atoms. The van der Waals surface area contributed by atoms with E-state index in [4.69, 9.17) is 0 Å². The number of halogens is 1. The lowest BCUT2D eigenvalue weighted by Gasteiger charge is -2.04. The van der Waals surface area contributed by atoms with Gasteiger partial charge in [-0.3, -0.25) is 10.1 Å². The van der Waals surface area contributed by atoms with E-state index in [1.807, 2.05) is 0 Å². The second-order valence-electron chi connectivity index (χ2n) is 3.04. The third-order valence-corrected chi connectivity index (χ3v) is 1.97. The highest BCUT2D eigenvalue weighted by atomic mass is 19.1. The molecular weight excluding hydrogens is 203 g/mol. The van der Waals surface area contributed by atoms with Crippen molar-refractivity contribution in [1.29, 1.82) is 0 Å². The van der Waals surface area contributed by atoms with E-state index in [2.05, 4.69) is 5.32 Å². The van der Waals surface area contributed by atoms with Crippen LogP contribution in [0.1, 0.15) is 5.56 Å². The second-order valence-corrected chi connectivity index (χ2v) is 3.04. The van der Waals surface area contributed by atoms with Crippen LogP contribution in [-0.2, 0) is 6.42 Å². The number of nitro groups is 1. The Morgan fingerprint density at radius 3 is 2.80 bits per heavy atom. The number of phenolic OH excluding ortho intramolecular Hbond substituents is 1. The van der Waals surface area contributed by atoms with Gasteiger partial charge in [0, 0.05) is 5.56 Å². The highest BCUT2D eigenvalue weighted by molar-refractivity contribution is 5.51. The molecule has 0 aliphatic heterocycles. The first-order chi connectivity index (χ1) is 7.06. The quantitative estimate of drug-likeness (QED) is 0.583. The fourth-order valence-electron chi connectivity index (χ4n) is 1.23. The number of aromatic hydroxyl groups is 1. The van der Waals surface area contributed by atoms with Gasteiger partial charge < -0.3 is 10.4 Å². The molecule has 1 aromatic rings. The standard InChI is InChI=1S/C9H11FN2O3/c1-11-3-2-6-4-7(10)5-8(9(6)13)12(14)15/h4-5,11,13H,2-3H2,1H3. The number of rotatable bonds is 4. The third kappa shape index (κ3) is 2.63. The fraction of sp³-hybridized carbons (Fsp3) is 0.333. The van der Waals surface area contributed by atoms with Crippen molar-refractivity contribution in [3.05, 3.63) is 33.6 Å². The first kappa shape index (κ1) is 11.4. The van der Waals surface area contributed by atoms with Crippen molar-refractivity contribution in [1.82, 2.24) is 5.32 Å². The van der Waals surface area contributed by atoms with Gasteiger partial charge in [-0.1, -0.05) is 0 Å². The van der Waals surface area contributed by atoms with Crippen LogP contribution in [0.3, 0.4) is 0 Å². The minimum Gasteiger partial charge on any atom is -0.502 e. The molecule has 2 N–H and O–H groups in total. The van der Waals surface area contributed by atoms with Crippen LogP contribution in [0, 0.1) is 15.9 Å². The SMILES string of the molecule is CNCCc1cc(F)cc([N+](=O)[O-])c1O. The van der Waals surface area contributed by atoms with E-state index in [9.17, 15) is 19.6 Å². The Balaban J connectivity index is 3.10. The highest BCUT2D eigenvalue weighted by Gasteiger charge is 2.18. The van der Waals surface area contributed by atoms with E-state index in [-0.39, 0.29) is 5.56 Å². The van der Waals surface area contributed by atoms with Crippen molar-refractivity contribution in [2.24, 2.45) is 0 Å². The van der Waals surface area contributed by atoms with E-state index in [1.165, 1.54) is 0 Å². The third-order valence-electron chi connectivity index (χ3n) is 1.97. The Morgan fingerprint density at radius 2 is 2.27 bits per heavy atom. The van der Waals surface area contributed by atoms with Gasteiger partial charge in [0.2, 0.25) is 0 Å². The molecule has 5 nitrogen and oxygen atoms in total. The number of nitrogens with zero attached hydrogens (tertiary/aromatic N) is 1. The molecule has 0 bridgehead atoms. The Labute approximate surface area is 85.7 Å². The molecule has 0 unspecified atom stereocenters. The summed E-state index contributed by atoms with van der Waals surface area (Å²) in [5.41, 5.74) is -0.364. The maximum Gasteiger partial charge on any atom is 0.313 e. The van der Waals surface area contributed by atoms with Crippen molar-refractivity contribution in [3.63, 3.8) is 0 Å². The molecular formula is C9H11FN2O3. The van der Waals surface area contributed by atoms with Crippen LogP contribution in [0.5, 0.6) is 5.75 Å². The molecule has 0 heterocycles. The van der Waals surface area contributed by atoms with E-state index >= 15 is 0 Å². The molecule has 0 saturated carbocycles. The van der Waals surface area contributed by atoms with Gasteiger partial charge in [-0.2, -0.15) is 0 Å². The van der Waals surface area contributed by atoms with Crippen LogP contribution in [0.25, 0.3) is 0 Å². The van der Waals surface area contributed by atoms with Gasteiger partial charge in [-0.15, -0.1) is 0 Å². The van der Waals surface area contributed by atoms with Gasteiger partial charge in [0.05, 0.1) is 11.0 Å².